The molecular weight excluding hydrogens is 276 g/mol. The first-order valence-corrected chi connectivity index (χ1v) is 7.30. The van der Waals surface area contributed by atoms with Crippen molar-refractivity contribution in [1.82, 2.24) is 0 Å². The molecule has 0 aromatic heterocycles. The first kappa shape index (κ1) is 15.0. The summed E-state index contributed by atoms with van der Waals surface area (Å²) in [6.07, 6.45) is 5.63. The predicted molar refractivity (Wildman–Crippen MR) is 78.4 cm³/mol. The van der Waals surface area contributed by atoms with Gasteiger partial charge in [0.1, 0.15) is 0 Å². The second kappa shape index (κ2) is 5.27. The smallest absolute Gasteiger partial charge is 0.0797 e. The molecule has 0 spiro atoms. The zero-order valence-corrected chi connectivity index (χ0v) is 12.9. The molecule has 1 rings (SSSR count). The van der Waals surface area contributed by atoms with Gasteiger partial charge in [-0.25, -0.2) is 0 Å². The summed E-state index contributed by atoms with van der Waals surface area (Å²) in [6.45, 7) is 14.3. The lowest BCUT2D eigenvalue weighted by Gasteiger charge is -2.45. The number of rotatable bonds is 4. The Bertz CT molecular complexity index is 304. The van der Waals surface area contributed by atoms with Crippen LogP contribution in [0.4, 0.5) is 0 Å². The third kappa shape index (κ3) is 3.45. The van der Waals surface area contributed by atoms with Crippen molar-refractivity contribution < 1.29 is 5.11 Å². The third-order valence-electron chi connectivity index (χ3n) is 4.30. The maximum Gasteiger partial charge on any atom is 0.0797 e. The largest absolute Gasteiger partial charge is 0.386 e. The molecule has 1 nitrogen and oxygen atoms in total. The van der Waals surface area contributed by atoms with Crippen LogP contribution in [0.2, 0.25) is 0 Å². The van der Waals surface area contributed by atoms with E-state index in [1.165, 1.54) is 12.0 Å². The Labute approximate surface area is 114 Å². The zero-order valence-electron chi connectivity index (χ0n) is 11.3. The summed E-state index contributed by atoms with van der Waals surface area (Å²) in [6, 6.07) is 0. The van der Waals surface area contributed by atoms with E-state index >= 15 is 0 Å². The second-order valence-corrected chi connectivity index (χ2v) is 7.24. The Balaban J connectivity index is 2.73. The van der Waals surface area contributed by atoms with Crippen molar-refractivity contribution in [1.29, 1.82) is 0 Å². The van der Waals surface area contributed by atoms with Crippen LogP contribution in [0, 0.1) is 11.3 Å². The van der Waals surface area contributed by atoms with E-state index in [1.54, 1.807) is 6.08 Å². The van der Waals surface area contributed by atoms with Gasteiger partial charge in [0, 0.05) is 4.83 Å². The molecule has 1 unspecified atom stereocenters. The molecule has 0 heterocycles. The minimum absolute atomic E-state index is 0.215. The SMILES string of the molecule is C=CC(C)(O)CC[C@H]1C(=C)CC[C@H](Br)C1(C)C. The molecule has 17 heavy (non-hydrogen) atoms. The molecule has 0 aromatic carbocycles. The molecule has 0 radical (unpaired) electrons. The first-order valence-electron chi connectivity index (χ1n) is 6.38. The summed E-state index contributed by atoms with van der Waals surface area (Å²) in [4.78, 5) is 0.541. The van der Waals surface area contributed by atoms with Crippen LogP contribution in [0.1, 0.15) is 46.5 Å². The van der Waals surface area contributed by atoms with E-state index in [0.29, 0.717) is 10.7 Å². The fourth-order valence-electron chi connectivity index (χ4n) is 2.72. The maximum atomic E-state index is 10.0. The van der Waals surface area contributed by atoms with Gasteiger partial charge >= 0.3 is 0 Å². The van der Waals surface area contributed by atoms with Crippen molar-refractivity contribution in [3.8, 4) is 0 Å². The van der Waals surface area contributed by atoms with E-state index in [2.05, 4.69) is 42.9 Å². The molecule has 1 fully saturated rings. The van der Waals surface area contributed by atoms with Crippen LogP contribution in [0.5, 0.6) is 0 Å². The Morgan fingerprint density at radius 2 is 2.18 bits per heavy atom. The summed E-state index contributed by atoms with van der Waals surface area (Å²) in [5, 5.41) is 10.0. The lowest BCUT2D eigenvalue weighted by atomic mass is 9.64. The van der Waals surface area contributed by atoms with Crippen molar-refractivity contribution in [3.05, 3.63) is 24.8 Å². The number of aliphatic hydroxyl groups is 1. The maximum absolute atomic E-state index is 10.0. The Kier molecular flexibility index (Phi) is 4.65. The van der Waals surface area contributed by atoms with E-state index in [0.717, 1.165) is 19.3 Å². The lowest BCUT2D eigenvalue weighted by molar-refractivity contribution is 0.0813. The molecule has 0 aromatic rings. The molecular formula is C15H25BrO. The predicted octanol–water partition coefficient (Wildman–Crippen LogP) is 4.46. The van der Waals surface area contributed by atoms with E-state index in [4.69, 9.17) is 0 Å². The third-order valence-corrected chi connectivity index (χ3v) is 5.93. The van der Waals surface area contributed by atoms with E-state index < -0.39 is 5.60 Å². The molecule has 0 bridgehead atoms. The van der Waals surface area contributed by atoms with Crippen LogP contribution >= 0.6 is 15.9 Å². The van der Waals surface area contributed by atoms with Gasteiger partial charge in [-0.3, -0.25) is 0 Å². The van der Waals surface area contributed by atoms with Crippen molar-refractivity contribution in [2.75, 3.05) is 0 Å². The number of halogens is 1. The van der Waals surface area contributed by atoms with Crippen LogP contribution in [0.15, 0.2) is 24.8 Å². The van der Waals surface area contributed by atoms with Crippen LogP contribution in [0.25, 0.3) is 0 Å². The molecule has 3 atom stereocenters. The van der Waals surface area contributed by atoms with Gasteiger partial charge in [0.05, 0.1) is 5.60 Å². The normalized spacial score (nSPS) is 31.9. The van der Waals surface area contributed by atoms with Crippen molar-refractivity contribution in [3.63, 3.8) is 0 Å². The highest BCUT2D eigenvalue weighted by Gasteiger charge is 2.41. The van der Waals surface area contributed by atoms with Crippen LogP contribution in [-0.2, 0) is 0 Å². The monoisotopic (exact) mass is 300 g/mol. The van der Waals surface area contributed by atoms with Gasteiger partial charge in [0.15, 0.2) is 0 Å². The summed E-state index contributed by atoms with van der Waals surface area (Å²) >= 11 is 3.79. The van der Waals surface area contributed by atoms with Crippen molar-refractivity contribution in [2.24, 2.45) is 11.3 Å². The van der Waals surface area contributed by atoms with Gasteiger partial charge in [-0.15, -0.1) is 6.58 Å². The van der Waals surface area contributed by atoms with Crippen molar-refractivity contribution >= 4 is 15.9 Å². The van der Waals surface area contributed by atoms with Crippen LogP contribution in [0.3, 0.4) is 0 Å². The number of hydrogen-bond donors (Lipinski definition) is 1. The minimum atomic E-state index is -0.754. The van der Waals surface area contributed by atoms with E-state index in [1.807, 2.05) is 6.92 Å². The molecule has 1 saturated carbocycles. The Morgan fingerprint density at radius 1 is 1.59 bits per heavy atom. The first-order chi connectivity index (χ1) is 7.70. The van der Waals surface area contributed by atoms with Crippen LogP contribution < -0.4 is 0 Å². The fraction of sp³-hybridized carbons (Fsp3) is 0.733. The van der Waals surface area contributed by atoms with Gasteiger partial charge < -0.3 is 5.11 Å². The molecule has 0 aliphatic heterocycles. The van der Waals surface area contributed by atoms with Gasteiger partial charge in [0.25, 0.3) is 0 Å². The summed E-state index contributed by atoms with van der Waals surface area (Å²) < 4.78 is 0. The quantitative estimate of drug-likeness (QED) is 0.600. The average Bonchev–Trinajstić information content (AvgIpc) is 2.23. The van der Waals surface area contributed by atoms with Crippen LogP contribution in [-0.4, -0.2) is 15.5 Å². The second-order valence-electron chi connectivity index (χ2n) is 6.14. The van der Waals surface area contributed by atoms with E-state index in [-0.39, 0.29) is 5.41 Å². The molecule has 0 saturated heterocycles. The highest BCUT2D eigenvalue weighted by molar-refractivity contribution is 9.09. The summed E-state index contributed by atoms with van der Waals surface area (Å²) in [5.41, 5.74) is 0.799. The molecule has 98 valence electrons. The topological polar surface area (TPSA) is 20.2 Å². The standard InChI is InChI=1S/C15H25BrO/c1-6-15(5,17)10-9-12-11(2)7-8-13(16)14(12,3)4/h6,12-13,17H,1-2,7-10H2,3-5H3/t12-,13-,15?/m0/s1. The van der Waals surface area contributed by atoms with Gasteiger partial charge in [-0.1, -0.05) is 48.0 Å². The molecule has 1 aliphatic rings. The minimum Gasteiger partial charge on any atom is -0.386 e. The molecule has 1 aliphatic carbocycles. The Hall–Kier alpha value is -0.0800. The Morgan fingerprint density at radius 3 is 2.71 bits per heavy atom. The number of hydrogen-bond acceptors (Lipinski definition) is 1. The summed E-state index contributed by atoms with van der Waals surface area (Å²) in [7, 11) is 0. The lowest BCUT2D eigenvalue weighted by Crippen LogP contribution is -2.39. The van der Waals surface area contributed by atoms with Crippen molar-refractivity contribution in [2.45, 2.75) is 56.9 Å². The van der Waals surface area contributed by atoms with Gasteiger partial charge in [-0.05, 0) is 43.9 Å². The highest BCUT2D eigenvalue weighted by atomic mass is 79.9. The molecule has 1 N–H and O–H groups in total. The number of alkyl halides is 1. The summed E-state index contributed by atoms with van der Waals surface area (Å²) in [5.74, 6) is 0.479. The number of allylic oxidation sites excluding steroid dienone is 1. The highest BCUT2D eigenvalue weighted by Crippen LogP contribution is 2.49. The van der Waals surface area contributed by atoms with Gasteiger partial charge in [-0.2, -0.15) is 0 Å². The molecule has 0 amide bonds. The zero-order chi connectivity index (χ0) is 13.3. The van der Waals surface area contributed by atoms with E-state index in [9.17, 15) is 5.11 Å². The fourth-order valence-corrected chi connectivity index (χ4v) is 3.27. The average molecular weight is 301 g/mol. The molecule has 2 heteroatoms. The van der Waals surface area contributed by atoms with Gasteiger partial charge in [0.2, 0.25) is 0 Å².